The average molecular weight is 242 g/mol. The van der Waals surface area contributed by atoms with Crippen LogP contribution in [0.5, 0.6) is 0 Å². The lowest BCUT2D eigenvalue weighted by Crippen LogP contribution is -2.62. The lowest BCUT2D eigenvalue weighted by atomic mass is 10.0. The summed E-state index contributed by atoms with van der Waals surface area (Å²) in [6.07, 6.45) is -0.0113. The standard InChI is InChI=1S/C12H22N2O3/c1-11(2)10(15)14(6-5-13-11)7-9-8-16-12(3,4)17-9/h9,13H,5-8H2,1-4H3. The molecule has 1 amide bonds. The minimum Gasteiger partial charge on any atom is -0.348 e. The van der Waals surface area contributed by atoms with Crippen LogP contribution in [0.4, 0.5) is 0 Å². The van der Waals surface area contributed by atoms with Crippen molar-refractivity contribution in [1.29, 1.82) is 0 Å². The van der Waals surface area contributed by atoms with Gasteiger partial charge in [-0.25, -0.2) is 0 Å². The number of hydrogen-bond donors (Lipinski definition) is 1. The highest BCUT2D eigenvalue weighted by Gasteiger charge is 2.39. The van der Waals surface area contributed by atoms with E-state index in [-0.39, 0.29) is 12.0 Å². The molecule has 5 heteroatoms. The first-order chi connectivity index (χ1) is 7.80. The molecule has 17 heavy (non-hydrogen) atoms. The van der Waals surface area contributed by atoms with Crippen LogP contribution in [0.3, 0.4) is 0 Å². The Labute approximate surface area is 102 Å². The van der Waals surface area contributed by atoms with Crippen LogP contribution in [0.1, 0.15) is 27.7 Å². The number of ether oxygens (including phenoxy) is 2. The molecule has 2 fully saturated rings. The molecule has 2 heterocycles. The van der Waals surface area contributed by atoms with Crippen molar-refractivity contribution in [2.75, 3.05) is 26.2 Å². The van der Waals surface area contributed by atoms with Gasteiger partial charge in [0.25, 0.3) is 0 Å². The average Bonchev–Trinajstić information content (AvgIpc) is 2.53. The van der Waals surface area contributed by atoms with Crippen LogP contribution in [0, 0.1) is 0 Å². The van der Waals surface area contributed by atoms with Crippen molar-refractivity contribution >= 4 is 5.91 Å². The van der Waals surface area contributed by atoms with Crippen LogP contribution >= 0.6 is 0 Å². The summed E-state index contributed by atoms with van der Waals surface area (Å²) in [6.45, 7) is 10.4. The number of nitrogens with one attached hydrogen (secondary N) is 1. The number of hydrogen-bond acceptors (Lipinski definition) is 4. The van der Waals surface area contributed by atoms with E-state index in [2.05, 4.69) is 5.32 Å². The van der Waals surface area contributed by atoms with Crippen molar-refractivity contribution in [3.63, 3.8) is 0 Å². The third-order valence-electron chi connectivity index (χ3n) is 3.26. The summed E-state index contributed by atoms with van der Waals surface area (Å²) in [5, 5.41) is 3.22. The zero-order chi connectivity index (χ0) is 12.7. The summed E-state index contributed by atoms with van der Waals surface area (Å²) < 4.78 is 11.2. The van der Waals surface area contributed by atoms with Gasteiger partial charge >= 0.3 is 0 Å². The number of rotatable bonds is 2. The molecule has 0 aromatic heterocycles. The molecule has 1 unspecified atom stereocenters. The Bertz CT molecular complexity index is 315. The molecule has 1 atom stereocenters. The number of nitrogens with zero attached hydrogens (tertiary/aromatic N) is 1. The number of carbonyl (C=O) groups is 1. The molecular weight excluding hydrogens is 220 g/mol. The van der Waals surface area contributed by atoms with E-state index in [4.69, 9.17) is 9.47 Å². The van der Waals surface area contributed by atoms with E-state index in [0.717, 1.165) is 13.1 Å². The quantitative estimate of drug-likeness (QED) is 0.759. The molecular formula is C12H22N2O3. The van der Waals surface area contributed by atoms with Gasteiger partial charge in [-0.15, -0.1) is 0 Å². The van der Waals surface area contributed by atoms with Crippen LogP contribution < -0.4 is 5.32 Å². The first-order valence-corrected chi connectivity index (χ1v) is 6.16. The first-order valence-electron chi connectivity index (χ1n) is 6.16. The highest BCUT2D eigenvalue weighted by Crippen LogP contribution is 2.23. The van der Waals surface area contributed by atoms with Gasteiger partial charge in [0.2, 0.25) is 5.91 Å². The molecule has 5 nitrogen and oxygen atoms in total. The normalized spacial score (nSPS) is 31.9. The number of carbonyl (C=O) groups excluding carboxylic acids is 1. The van der Waals surface area contributed by atoms with Crippen LogP contribution in [0.25, 0.3) is 0 Å². The van der Waals surface area contributed by atoms with Crippen molar-refractivity contribution in [3.05, 3.63) is 0 Å². The van der Waals surface area contributed by atoms with Crippen LogP contribution in [-0.2, 0) is 14.3 Å². The summed E-state index contributed by atoms with van der Waals surface area (Å²) in [5.74, 6) is -0.380. The SMILES string of the molecule is CC1(C)OCC(CN2CCNC(C)(C)C2=O)O1. The fraction of sp³-hybridized carbons (Fsp3) is 0.917. The smallest absolute Gasteiger partial charge is 0.242 e. The zero-order valence-electron chi connectivity index (χ0n) is 11.1. The van der Waals surface area contributed by atoms with Crippen LogP contribution in [0.15, 0.2) is 0 Å². The summed E-state index contributed by atoms with van der Waals surface area (Å²) in [5.41, 5.74) is -0.465. The molecule has 2 aliphatic rings. The Morgan fingerprint density at radius 1 is 1.41 bits per heavy atom. The van der Waals surface area contributed by atoms with Crippen molar-refractivity contribution in [2.45, 2.75) is 45.1 Å². The van der Waals surface area contributed by atoms with E-state index in [1.807, 2.05) is 32.6 Å². The molecule has 0 saturated carbocycles. The van der Waals surface area contributed by atoms with Gasteiger partial charge in [-0.3, -0.25) is 4.79 Å². The van der Waals surface area contributed by atoms with E-state index in [1.54, 1.807) is 0 Å². The second-order valence-electron chi connectivity index (χ2n) is 5.75. The molecule has 0 aromatic carbocycles. The molecule has 0 radical (unpaired) electrons. The van der Waals surface area contributed by atoms with Crippen LogP contribution in [-0.4, -0.2) is 54.5 Å². The van der Waals surface area contributed by atoms with E-state index < -0.39 is 11.3 Å². The molecule has 2 saturated heterocycles. The number of amides is 1. The van der Waals surface area contributed by atoms with Gasteiger partial charge in [-0.05, 0) is 27.7 Å². The Morgan fingerprint density at radius 2 is 2.12 bits per heavy atom. The minimum atomic E-state index is -0.517. The molecule has 98 valence electrons. The summed E-state index contributed by atoms with van der Waals surface area (Å²) in [6, 6.07) is 0. The zero-order valence-corrected chi connectivity index (χ0v) is 11.1. The fourth-order valence-corrected chi connectivity index (χ4v) is 2.35. The van der Waals surface area contributed by atoms with Crippen molar-refractivity contribution in [3.8, 4) is 0 Å². The molecule has 0 spiro atoms. The van der Waals surface area contributed by atoms with E-state index in [9.17, 15) is 4.79 Å². The topological polar surface area (TPSA) is 50.8 Å². The summed E-state index contributed by atoms with van der Waals surface area (Å²) in [7, 11) is 0. The summed E-state index contributed by atoms with van der Waals surface area (Å²) in [4.78, 5) is 14.0. The third kappa shape index (κ3) is 2.78. The van der Waals surface area contributed by atoms with Gasteiger partial charge in [0.15, 0.2) is 5.79 Å². The maximum atomic E-state index is 12.2. The molecule has 2 rings (SSSR count). The Balaban J connectivity index is 1.93. The van der Waals surface area contributed by atoms with Gasteiger partial charge in [-0.2, -0.15) is 0 Å². The van der Waals surface area contributed by atoms with E-state index in [0.29, 0.717) is 13.2 Å². The van der Waals surface area contributed by atoms with Crippen molar-refractivity contribution in [1.82, 2.24) is 10.2 Å². The maximum absolute atomic E-state index is 12.2. The highest BCUT2D eigenvalue weighted by atomic mass is 16.7. The highest BCUT2D eigenvalue weighted by molar-refractivity contribution is 5.86. The van der Waals surface area contributed by atoms with Gasteiger partial charge in [-0.1, -0.05) is 0 Å². The van der Waals surface area contributed by atoms with E-state index in [1.165, 1.54) is 0 Å². The second-order valence-corrected chi connectivity index (χ2v) is 5.75. The predicted molar refractivity (Wildman–Crippen MR) is 63.6 cm³/mol. The predicted octanol–water partition coefficient (Wildman–Crippen LogP) is 0.348. The minimum absolute atomic E-state index is 0.0113. The Morgan fingerprint density at radius 3 is 2.71 bits per heavy atom. The maximum Gasteiger partial charge on any atom is 0.242 e. The van der Waals surface area contributed by atoms with Crippen molar-refractivity contribution in [2.24, 2.45) is 0 Å². The Kier molecular flexibility index (Phi) is 3.18. The molecule has 0 aromatic rings. The van der Waals surface area contributed by atoms with Gasteiger partial charge in [0, 0.05) is 19.6 Å². The third-order valence-corrected chi connectivity index (χ3v) is 3.26. The fourth-order valence-electron chi connectivity index (χ4n) is 2.35. The first kappa shape index (κ1) is 12.8. The van der Waals surface area contributed by atoms with Gasteiger partial charge < -0.3 is 19.7 Å². The lowest BCUT2D eigenvalue weighted by molar-refractivity contribution is -0.150. The second kappa shape index (κ2) is 4.23. The molecule has 0 bridgehead atoms. The van der Waals surface area contributed by atoms with E-state index >= 15 is 0 Å². The molecule has 1 N–H and O–H groups in total. The largest absolute Gasteiger partial charge is 0.348 e. The van der Waals surface area contributed by atoms with Gasteiger partial charge in [0.1, 0.15) is 6.10 Å². The van der Waals surface area contributed by atoms with Crippen molar-refractivity contribution < 1.29 is 14.3 Å². The molecule has 2 aliphatic heterocycles. The van der Waals surface area contributed by atoms with Crippen LogP contribution in [0.2, 0.25) is 0 Å². The monoisotopic (exact) mass is 242 g/mol. The summed E-state index contributed by atoms with van der Waals surface area (Å²) >= 11 is 0. The Hall–Kier alpha value is -0.650. The lowest BCUT2D eigenvalue weighted by Gasteiger charge is -2.39. The molecule has 0 aliphatic carbocycles. The number of piperazine rings is 1. The van der Waals surface area contributed by atoms with Gasteiger partial charge in [0.05, 0.1) is 12.1 Å².